The van der Waals surface area contributed by atoms with Crippen molar-refractivity contribution in [3.63, 3.8) is 0 Å². The van der Waals surface area contributed by atoms with E-state index in [9.17, 15) is 0 Å². The summed E-state index contributed by atoms with van der Waals surface area (Å²) in [6, 6.07) is 36.6. The summed E-state index contributed by atoms with van der Waals surface area (Å²) < 4.78 is 13.3. The first kappa shape index (κ1) is 24.4. The number of benzene rings is 4. The zero-order valence-electron chi connectivity index (χ0n) is 22.1. The van der Waals surface area contributed by atoms with Crippen molar-refractivity contribution < 1.29 is 9.26 Å². The topological polar surface area (TPSA) is 66.0 Å². The molecule has 0 spiro atoms. The molecule has 2 heterocycles. The summed E-state index contributed by atoms with van der Waals surface area (Å²) in [5.74, 6) is 2.98. The fraction of sp³-hybridized carbons (Fsp3) is 0.121. The average Bonchev–Trinajstić information content (AvgIpc) is 3.65. The largest absolute Gasteiger partial charge is 0.497 e. The lowest BCUT2D eigenvalue weighted by molar-refractivity contribution is 0.413. The zero-order chi connectivity index (χ0) is 26.8. The van der Waals surface area contributed by atoms with Gasteiger partial charge in [-0.05, 0) is 29.2 Å². The minimum atomic E-state index is 0.257. The Hall–Kier alpha value is -4.97. The van der Waals surface area contributed by atoms with Crippen molar-refractivity contribution in [1.29, 1.82) is 0 Å². The summed E-state index contributed by atoms with van der Waals surface area (Å²) in [4.78, 5) is 0. The van der Waals surface area contributed by atoms with Gasteiger partial charge in [-0.3, -0.25) is 4.57 Å². The molecule has 0 N–H and O–H groups in total. The van der Waals surface area contributed by atoms with Crippen LogP contribution in [-0.4, -0.2) is 27.0 Å². The standard InChI is InChI=1S/C33H28N4O2/c1-22(2)27-18-11-19-28(23-12-6-4-7-13-23)31(27)37-32(24-14-8-5-9-15-24)34-35-33(37)29-21-30(39-36-29)25-16-10-17-26(20-25)38-3/h4-22H,1-3H3. The molecule has 0 radical (unpaired) electrons. The fourth-order valence-corrected chi connectivity index (χ4v) is 4.86. The predicted molar refractivity (Wildman–Crippen MR) is 154 cm³/mol. The SMILES string of the molecule is COc1cccc(-c2cc(-c3nnc(-c4ccccc4)n3-c3c(-c4ccccc4)cccc3C(C)C)no2)c1. The highest BCUT2D eigenvalue weighted by atomic mass is 16.5. The first-order valence-electron chi connectivity index (χ1n) is 12.9. The minimum Gasteiger partial charge on any atom is -0.497 e. The van der Waals surface area contributed by atoms with Crippen molar-refractivity contribution in [2.75, 3.05) is 7.11 Å². The molecule has 0 amide bonds. The lowest BCUT2D eigenvalue weighted by Gasteiger charge is -2.21. The third kappa shape index (κ3) is 4.61. The Morgan fingerprint density at radius 1 is 0.692 bits per heavy atom. The molecule has 0 unspecified atom stereocenters. The van der Waals surface area contributed by atoms with Gasteiger partial charge >= 0.3 is 0 Å². The second-order valence-corrected chi connectivity index (χ2v) is 9.62. The van der Waals surface area contributed by atoms with E-state index in [2.05, 4.69) is 83.3 Å². The number of aromatic nitrogens is 4. The van der Waals surface area contributed by atoms with Crippen LogP contribution in [0.5, 0.6) is 5.75 Å². The number of methoxy groups -OCH3 is 1. The molecule has 0 bridgehead atoms. The fourth-order valence-electron chi connectivity index (χ4n) is 4.86. The third-order valence-electron chi connectivity index (χ3n) is 6.79. The molecule has 0 saturated heterocycles. The lowest BCUT2D eigenvalue weighted by Crippen LogP contribution is -2.07. The summed E-state index contributed by atoms with van der Waals surface area (Å²) in [6.45, 7) is 4.41. The maximum atomic E-state index is 5.82. The summed E-state index contributed by atoms with van der Waals surface area (Å²) in [5.41, 5.74) is 6.86. The maximum Gasteiger partial charge on any atom is 0.191 e. The van der Waals surface area contributed by atoms with Crippen LogP contribution >= 0.6 is 0 Å². The van der Waals surface area contributed by atoms with Gasteiger partial charge < -0.3 is 9.26 Å². The number of nitrogens with zero attached hydrogens (tertiary/aromatic N) is 4. The Labute approximate surface area is 227 Å². The number of ether oxygens (including phenoxy) is 1. The Balaban J connectivity index is 1.61. The van der Waals surface area contributed by atoms with Gasteiger partial charge in [0.25, 0.3) is 0 Å². The molecule has 192 valence electrons. The smallest absolute Gasteiger partial charge is 0.191 e. The number of rotatable bonds is 7. The van der Waals surface area contributed by atoms with Crippen LogP contribution in [0.15, 0.2) is 114 Å². The molecule has 2 aromatic heterocycles. The predicted octanol–water partition coefficient (Wildman–Crippen LogP) is 8.06. The van der Waals surface area contributed by atoms with Crippen LogP contribution in [-0.2, 0) is 0 Å². The van der Waals surface area contributed by atoms with E-state index in [0.717, 1.165) is 39.5 Å². The normalized spacial score (nSPS) is 11.2. The Kier molecular flexibility index (Phi) is 6.51. The molecule has 0 aliphatic carbocycles. The van der Waals surface area contributed by atoms with Crippen LogP contribution < -0.4 is 4.74 Å². The molecule has 6 heteroatoms. The molecule has 0 fully saturated rings. The molecular formula is C33H28N4O2. The monoisotopic (exact) mass is 512 g/mol. The average molecular weight is 513 g/mol. The highest BCUT2D eigenvalue weighted by molar-refractivity contribution is 5.79. The number of para-hydroxylation sites is 1. The maximum absolute atomic E-state index is 5.82. The van der Waals surface area contributed by atoms with Crippen LogP contribution in [0.25, 0.3) is 51.0 Å². The first-order valence-corrected chi connectivity index (χ1v) is 12.9. The molecule has 0 saturated carbocycles. The van der Waals surface area contributed by atoms with Gasteiger partial charge in [-0.15, -0.1) is 10.2 Å². The van der Waals surface area contributed by atoms with E-state index < -0.39 is 0 Å². The van der Waals surface area contributed by atoms with Gasteiger partial charge in [-0.1, -0.05) is 110 Å². The molecule has 4 aromatic carbocycles. The summed E-state index contributed by atoms with van der Waals surface area (Å²) in [7, 11) is 1.65. The van der Waals surface area contributed by atoms with Gasteiger partial charge in [-0.25, -0.2) is 0 Å². The summed E-state index contributed by atoms with van der Waals surface area (Å²) in [5, 5.41) is 13.8. The Morgan fingerprint density at radius 2 is 1.36 bits per heavy atom. The van der Waals surface area contributed by atoms with E-state index in [0.29, 0.717) is 17.3 Å². The second-order valence-electron chi connectivity index (χ2n) is 9.62. The molecule has 6 rings (SSSR count). The quantitative estimate of drug-likeness (QED) is 0.216. The van der Waals surface area contributed by atoms with Gasteiger partial charge in [0, 0.05) is 22.8 Å². The van der Waals surface area contributed by atoms with E-state index in [4.69, 9.17) is 14.4 Å². The zero-order valence-corrected chi connectivity index (χ0v) is 22.1. The van der Waals surface area contributed by atoms with E-state index in [1.807, 2.05) is 54.6 Å². The highest BCUT2D eigenvalue weighted by Crippen LogP contribution is 2.39. The molecule has 0 atom stereocenters. The van der Waals surface area contributed by atoms with Gasteiger partial charge in [0.15, 0.2) is 23.1 Å². The van der Waals surface area contributed by atoms with Crippen LogP contribution in [0.2, 0.25) is 0 Å². The molecule has 0 aliphatic rings. The molecule has 6 aromatic rings. The van der Waals surface area contributed by atoms with E-state index in [-0.39, 0.29) is 5.92 Å². The van der Waals surface area contributed by atoms with Crippen molar-refractivity contribution in [1.82, 2.24) is 19.9 Å². The van der Waals surface area contributed by atoms with Crippen molar-refractivity contribution >= 4 is 0 Å². The van der Waals surface area contributed by atoms with Crippen LogP contribution in [0.1, 0.15) is 25.3 Å². The third-order valence-corrected chi connectivity index (χ3v) is 6.79. The Bertz CT molecular complexity index is 1720. The van der Waals surface area contributed by atoms with Crippen molar-refractivity contribution in [3.8, 4) is 56.8 Å². The first-order chi connectivity index (χ1) is 19.1. The lowest BCUT2D eigenvalue weighted by atomic mass is 9.93. The summed E-state index contributed by atoms with van der Waals surface area (Å²) >= 11 is 0. The number of hydrogen-bond acceptors (Lipinski definition) is 5. The van der Waals surface area contributed by atoms with Crippen LogP contribution in [0.4, 0.5) is 0 Å². The second kappa shape index (κ2) is 10.4. The van der Waals surface area contributed by atoms with Gasteiger partial charge in [-0.2, -0.15) is 0 Å². The summed E-state index contributed by atoms with van der Waals surface area (Å²) in [6.07, 6.45) is 0. The highest BCUT2D eigenvalue weighted by Gasteiger charge is 2.25. The molecule has 6 nitrogen and oxygen atoms in total. The van der Waals surface area contributed by atoms with E-state index >= 15 is 0 Å². The molecule has 0 aliphatic heterocycles. The molecule has 39 heavy (non-hydrogen) atoms. The van der Waals surface area contributed by atoms with Gasteiger partial charge in [0.1, 0.15) is 5.75 Å². The number of hydrogen-bond donors (Lipinski definition) is 0. The van der Waals surface area contributed by atoms with Crippen molar-refractivity contribution in [2.24, 2.45) is 0 Å². The molecular weight excluding hydrogens is 484 g/mol. The van der Waals surface area contributed by atoms with Crippen molar-refractivity contribution in [2.45, 2.75) is 19.8 Å². The van der Waals surface area contributed by atoms with Crippen LogP contribution in [0.3, 0.4) is 0 Å². The Morgan fingerprint density at radius 3 is 2.08 bits per heavy atom. The van der Waals surface area contributed by atoms with Crippen LogP contribution in [0, 0.1) is 0 Å². The van der Waals surface area contributed by atoms with Gasteiger partial charge in [0.05, 0.1) is 12.8 Å². The minimum absolute atomic E-state index is 0.257. The van der Waals surface area contributed by atoms with E-state index in [1.165, 1.54) is 5.56 Å². The van der Waals surface area contributed by atoms with Crippen molar-refractivity contribution in [3.05, 3.63) is 115 Å². The van der Waals surface area contributed by atoms with E-state index in [1.54, 1.807) is 7.11 Å². The van der Waals surface area contributed by atoms with Gasteiger partial charge in [0.2, 0.25) is 0 Å².